The lowest BCUT2D eigenvalue weighted by atomic mass is 10.1. The van der Waals surface area contributed by atoms with Gasteiger partial charge in [-0.1, -0.05) is 0 Å². The summed E-state index contributed by atoms with van der Waals surface area (Å²) in [5.41, 5.74) is 0.858. The smallest absolute Gasteiger partial charge is 0.315 e. The lowest BCUT2D eigenvalue weighted by Gasteiger charge is -2.33. The number of morpholine rings is 1. The van der Waals surface area contributed by atoms with Gasteiger partial charge in [-0.05, 0) is 25.1 Å². The summed E-state index contributed by atoms with van der Waals surface area (Å²) in [5.74, 6) is 1.73. The van der Waals surface area contributed by atoms with Gasteiger partial charge in [-0.2, -0.15) is 5.10 Å². The fourth-order valence-electron chi connectivity index (χ4n) is 2.74. The number of ether oxygens (including phenoxy) is 1. The van der Waals surface area contributed by atoms with Gasteiger partial charge < -0.3 is 19.8 Å². The Bertz CT molecular complexity index is 634. The van der Waals surface area contributed by atoms with Crippen molar-refractivity contribution < 1.29 is 13.9 Å². The molecule has 1 aliphatic heterocycles. The zero-order valence-corrected chi connectivity index (χ0v) is 13.7. The van der Waals surface area contributed by atoms with Crippen LogP contribution in [0.3, 0.4) is 0 Å². The lowest BCUT2D eigenvalue weighted by Crippen LogP contribution is -2.45. The first-order valence-electron chi connectivity index (χ1n) is 8.10. The van der Waals surface area contributed by atoms with Gasteiger partial charge in [-0.15, -0.1) is 0 Å². The highest BCUT2D eigenvalue weighted by Gasteiger charge is 2.25. The molecule has 130 valence electrons. The first-order chi connectivity index (χ1) is 11.7. The van der Waals surface area contributed by atoms with Crippen LogP contribution in [0, 0.1) is 6.92 Å². The van der Waals surface area contributed by atoms with Crippen LogP contribution >= 0.6 is 0 Å². The Morgan fingerprint density at radius 2 is 2.17 bits per heavy atom. The number of nitrogens with one attached hydrogen (secondary N) is 3. The molecular weight excluding hydrogens is 310 g/mol. The van der Waals surface area contributed by atoms with Gasteiger partial charge in [0.1, 0.15) is 11.5 Å². The Labute approximate surface area is 140 Å². The lowest BCUT2D eigenvalue weighted by molar-refractivity contribution is 0.0121. The van der Waals surface area contributed by atoms with Crippen molar-refractivity contribution in [1.29, 1.82) is 0 Å². The standard InChI is InChI=1S/C16H23N5O3/c1-12-2-3-15(24-12)14(21-6-8-23-9-7-21)11-18-16(22)17-10-13-4-5-19-20-13/h2-5,14H,6-11H2,1H3,(H,19,20)(H2,17,18,22)/t14-/m1/s1. The van der Waals surface area contributed by atoms with E-state index in [0.717, 1.165) is 30.3 Å². The Morgan fingerprint density at radius 3 is 2.83 bits per heavy atom. The largest absolute Gasteiger partial charge is 0.465 e. The number of carbonyl (C=O) groups excluding carboxylic acids is 1. The van der Waals surface area contributed by atoms with Gasteiger partial charge in [-0.25, -0.2) is 4.79 Å². The van der Waals surface area contributed by atoms with E-state index in [1.807, 2.05) is 25.1 Å². The minimum Gasteiger partial charge on any atom is -0.465 e. The Morgan fingerprint density at radius 1 is 1.33 bits per heavy atom. The van der Waals surface area contributed by atoms with E-state index >= 15 is 0 Å². The van der Waals surface area contributed by atoms with Crippen molar-refractivity contribution in [2.45, 2.75) is 19.5 Å². The first kappa shape index (κ1) is 16.5. The molecule has 2 aromatic heterocycles. The third-order valence-electron chi connectivity index (χ3n) is 4.03. The third-order valence-corrected chi connectivity index (χ3v) is 4.03. The summed E-state index contributed by atoms with van der Waals surface area (Å²) in [6, 6.07) is 5.52. The van der Waals surface area contributed by atoms with Crippen molar-refractivity contribution in [2.75, 3.05) is 32.8 Å². The minimum atomic E-state index is -0.217. The van der Waals surface area contributed by atoms with Crippen LogP contribution < -0.4 is 10.6 Å². The minimum absolute atomic E-state index is 0.000467. The molecule has 3 rings (SSSR count). The SMILES string of the molecule is Cc1ccc([C@@H](CNC(=O)NCc2ccn[nH]2)N2CCOCC2)o1. The maximum Gasteiger partial charge on any atom is 0.315 e. The van der Waals surface area contributed by atoms with E-state index in [4.69, 9.17) is 9.15 Å². The summed E-state index contributed by atoms with van der Waals surface area (Å²) in [5, 5.41) is 12.4. The van der Waals surface area contributed by atoms with Gasteiger partial charge >= 0.3 is 6.03 Å². The van der Waals surface area contributed by atoms with E-state index in [1.54, 1.807) is 6.20 Å². The second-order valence-electron chi connectivity index (χ2n) is 5.76. The fourth-order valence-corrected chi connectivity index (χ4v) is 2.74. The van der Waals surface area contributed by atoms with E-state index in [0.29, 0.717) is 26.3 Å². The van der Waals surface area contributed by atoms with Gasteiger partial charge in [0.05, 0.1) is 31.5 Å². The van der Waals surface area contributed by atoms with E-state index in [9.17, 15) is 4.79 Å². The molecule has 1 aliphatic rings. The molecule has 1 atom stereocenters. The zero-order valence-electron chi connectivity index (χ0n) is 13.7. The highest BCUT2D eigenvalue weighted by atomic mass is 16.5. The first-order valence-corrected chi connectivity index (χ1v) is 8.10. The van der Waals surface area contributed by atoms with Gasteiger partial charge in [-0.3, -0.25) is 10.00 Å². The number of aromatic amines is 1. The molecule has 24 heavy (non-hydrogen) atoms. The van der Waals surface area contributed by atoms with Crippen LogP contribution in [0.1, 0.15) is 23.3 Å². The number of amides is 2. The molecule has 1 fully saturated rings. The topological polar surface area (TPSA) is 95.4 Å². The summed E-state index contributed by atoms with van der Waals surface area (Å²) in [4.78, 5) is 14.3. The zero-order chi connectivity index (χ0) is 16.8. The normalized spacial score (nSPS) is 16.7. The monoisotopic (exact) mass is 333 g/mol. The molecule has 1 saturated heterocycles. The maximum absolute atomic E-state index is 12.0. The van der Waals surface area contributed by atoms with Crippen LogP contribution in [0.25, 0.3) is 0 Å². The number of aryl methyl sites for hydroxylation is 1. The summed E-state index contributed by atoms with van der Waals surface area (Å²) in [7, 11) is 0. The molecule has 0 unspecified atom stereocenters. The van der Waals surface area contributed by atoms with Crippen molar-refractivity contribution >= 4 is 6.03 Å². The van der Waals surface area contributed by atoms with Crippen molar-refractivity contribution in [2.24, 2.45) is 0 Å². The molecule has 0 radical (unpaired) electrons. The van der Waals surface area contributed by atoms with Crippen molar-refractivity contribution in [3.8, 4) is 0 Å². The van der Waals surface area contributed by atoms with E-state index < -0.39 is 0 Å². The molecule has 8 nitrogen and oxygen atoms in total. The van der Waals surface area contributed by atoms with E-state index in [-0.39, 0.29) is 12.1 Å². The number of hydrogen-bond donors (Lipinski definition) is 3. The van der Waals surface area contributed by atoms with Gasteiger partial charge in [0.15, 0.2) is 0 Å². The Hall–Kier alpha value is -2.32. The Kier molecular flexibility index (Phi) is 5.50. The highest BCUT2D eigenvalue weighted by molar-refractivity contribution is 5.73. The molecule has 2 aromatic rings. The number of aromatic nitrogens is 2. The quantitative estimate of drug-likeness (QED) is 0.738. The number of H-pyrrole nitrogens is 1. The molecule has 0 bridgehead atoms. The number of rotatable bonds is 6. The predicted molar refractivity (Wildman–Crippen MR) is 87.4 cm³/mol. The number of nitrogens with zero attached hydrogens (tertiary/aromatic N) is 2. The van der Waals surface area contributed by atoms with Crippen LogP contribution in [0.5, 0.6) is 0 Å². The second kappa shape index (κ2) is 7.98. The molecule has 3 N–H and O–H groups in total. The average Bonchev–Trinajstić information content (AvgIpc) is 3.26. The van der Waals surface area contributed by atoms with Crippen LogP contribution in [0.15, 0.2) is 28.8 Å². The van der Waals surface area contributed by atoms with Crippen LogP contribution in [0.4, 0.5) is 4.79 Å². The molecule has 0 aliphatic carbocycles. The van der Waals surface area contributed by atoms with E-state index in [2.05, 4.69) is 25.7 Å². The predicted octanol–water partition coefficient (Wildman–Crippen LogP) is 1.18. The van der Waals surface area contributed by atoms with E-state index in [1.165, 1.54) is 0 Å². The van der Waals surface area contributed by atoms with Gasteiger partial charge in [0.25, 0.3) is 0 Å². The number of carbonyl (C=O) groups is 1. The van der Waals surface area contributed by atoms with Gasteiger partial charge in [0, 0.05) is 25.8 Å². The molecule has 8 heteroatoms. The number of furan rings is 1. The fraction of sp³-hybridized carbons (Fsp3) is 0.500. The molecular formula is C16H23N5O3. The van der Waals surface area contributed by atoms with Gasteiger partial charge in [0.2, 0.25) is 0 Å². The Balaban J connectivity index is 1.55. The molecule has 0 saturated carbocycles. The van der Waals surface area contributed by atoms with Crippen molar-refractivity contribution in [3.63, 3.8) is 0 Å². The molecule has 2 amide bonds. The molecule has 3 heterocycles. The van der Waals surface area contributed by atoms with Crippen LogP contribution in [0.2, 0.25) is 0 Å². The average molecular weight is 333 g/mol. The summed E-state index contributed by atoms with van der Waals surface area (Å²) >= 11 is 0. The number of urea groups is 1. The third kappa shape index (κ3) is 4.36. The summed E-state index contributed by atoms with van der Waals surface area (Å²) in [6.45, 7) is 5.84. The number of hydrogen-bond acceptors (Lipinski definition) is 5. The summed E-state index contributed by atoms with van der Waals surface area (Å²) in [6.07, 6.45) is 1.66. The maximum atomic E-state index is 12.0. The van der Waals surface area contributed by atoms with Crippen molar-refractivity contribution in [1.82, 2.24) is 25.7 Å². The molecule has 0 spiro atoms. The van der Waals surface area contributed by atoms with Crippen molar-refractivity contribution in [3.05, 3.63) is 41.6 Å². The van der Waals surface area contributed by atoms with Crippen LogP contribution in [-0.2, 0) is 11.3 Å². The highest BCUT2D eigenvalue weighted by Crippen LogP contribution is 2.23. The second-order valence-corrected chi connectivity index (χ2v) is 5.76. The molecule has 0 aromatic carbocycles. The summed E-state index contributed by atoms with van der Waals surface area (Å²) < 4.78 is 11.2. The van der Waals surface area contributed by atoms with Crippen LogP contribution in [-0.4, -0.2) is 54.0 Å².